The van der Waals surface area contributed by atoms with Crippen molar-refractivity contribution in [1.82, 2.24) is 24.6 Å². The van der Waals surface area contributed by atoms with Crippen LogP contribution in [0.15, 0.2) is 54.9 Å². The molecule has 0 N–H and O–H groups in total. The highest BCUT2D eigenvalue weighted by Gasteiger charge is 2.27. The molecule has 3 heterocycles. The average molecular weight is 407 g/mol. The normalized spacial score (nSPS) is 14.1. The van der Waals surface area contributed by atoms with Gasteiger partial charge in [-0.25, -0.2) is 9.07 Å². The van der Waals surface area contributed by atoms with E-state index in [2.05, 4.69) is 10.1 Å². The van der Waals surface area contributed by atoms with Gasteiger partial charge < -0.3 is 9.80 Å². The highest BCUT2D eigenvalue weighted by atomic mass is 19.1. The maximum absolute atomic E-state index is 14.1. The molecule has 154 valence electrons. The third-order valence-corrected chi connectivity index (χ3v) is 5.30. The van der Waals surface area contributed by atoms with Gasteiger partial charge >= 0.3 is 0 Å². The molecule has 0 bridgehead atoms. The molecule has 1 aromatic carbocycles. The quantitative estimate of drug-likeness (QED) is 0.665. The van der Waals surface area contributed by atoms with E-state index in [0.717, 1.165) is 5.69 Å². The van der Waals surface area contributed by atoms with Crippen molar-refractivity contribution in [2.24, 2.45) is 0 Å². The monoisotopic (exact) mass is 407 g/mol. The van der Waals surface area contributed by atoms with Crippen molar-refractivity contribution in [2.75, 3.05) is 26.2 Å². The summed E-state index contributed by atoms with van der Waals surface area (Å²) in [6, 6.07) is 11.8. The lowest BCUT2D eigenvalue weighted by Gasteiger charge is -2.34. The Balaban J connectivity index is 1.40. The Hall–Kier alpha value is -3.55. The van der Waals surface area contributed by atoms with Gasteiger partial charge in [0.05, 0.1) is 23.9 Å². The van der Waals surface area contributed by atoms with Crippen molar-refractivity contribution in [3.63, 3.8) is 0 Å². The van der Waals surface area contributed by atoms with Gasteiger partial charge in [0.15, 0.2) is 0 Å². The Morgan fingerprint density at radius 3 is 2.40 bits per heavy atom. The fourth-order valence-corrected chi connectivity index (χ4v) is 3.58. The SMILES string of the molecule is Cc1c(C(=O)N2CCN(C(=O)Cc3ccccn3)CC2)cnn1-c1ccccc1F. The largest absolute Gasteiger partial charge is 0.339 e. The Morgan fingerprint density at radius 2 is 1.70 bits per heavy atom. The molecule has 1 aliphatic heterocycles. The van der Waals surface area contributed by atoms with Crippen LogP contribution >= 0.6 is 0 Å². The minimum Gasteiger partial charge on any atom is -0.339 e. The lowest BCUT2D eigenvalue weighted by atomic mass is 10.2. The third kappa shape index (κ3) is 3.94. The molecule has 0 radical (unpaired) electrons. The first-order valence-corrected chi connectivity index (χ1v) is 9.81. The summed E-state index contributed by atoms with van der Waals surface area (Å²) in [6.07, 6.45) is 3.40. The Morgan fingerprint density at radius 1 is 1.00 bits per heavy atom. The molecule has 2 amide bonds. The second-order valence-electron chi connectivity index (χ2n) is 7.18. The molecule has 1 fully saturated rings. The maximum atomic E-state index is 14.1. The summed E-state index contributed by atoms with van der Waals surface area (Å²) in [4.78, 5) is 33.1. The van der Waals surface area contributed by atoms with E-state index in [-0.39, 0.29) is 18.2 Å². The minimum atomic E-state index is -0.400. The van der Waals surface area contributed by atoms with Crippen LogP contribution in [0.5, 0.6) is 0 Å². The molecule has 0 unspecified atom stereocenters. The van der Waals surface area contributed by atoms with Crippen molar-refractivity contribution >= 4 is 11.8 Å². The van der Waals surface area contributed by atoms with Crippen LogP contribution in [-0.4, -0.2) is 62.6 Å². The van der Waals surface area contributed by atoms with Gasteiger partial charge in [-0.3, -0.25) is 14.6 Å². The Bertz CT molecular complexity index is 1060. The number of aromatic nitrogens is 3. The molecule has 2 aromatic heterocycles. The molecule has 0 saturated carbocycles. The number of amides is 2. The topological polar surface area (TPSA) is 71.3 Å². The second-order valence-corrected chi connectivity index (χ2v) is 7.18. The van der Waals surface area contributed by atoms with Crippen LogP contribution in [-0.2, 0) is 11.2 Å². The number of hydrogen-bond donors (Lipinski definition) is 0. The van der Waals surface area contributed by atoms with Crippen LogP contribution in [0.3, 0.4) is 0 Å². The molecule has 3 aromatic rings. The first-order chi connectivity index (χ1) is 14.5. The number of hydrogen-bond acceptors (Lipinski definition) is 4. The number of halogens is 1. The number of para-hydroxylation sites is 1. The van der Waals surface area contributed by atoms with Gasteiger partial charge in [0, 0.05) is 38.1 Å². The Kier molecular flexibility index (Phi) is 5.56. The minimum absolute atomic E-state index is 0.00403. The third-order valence-electron chi connectivity index (χ3n) is 5.30. The van der Waals surface area contributed by atoms with E-state index in [1.54, 1.807) is 41.1 Å². The van der Waals surface area contributed by atoms with Crippen molar-refractivity contribution in [2.45, 2.75) is 13.3 Å². The number of carbonyl (C=O) groups excluding carboxylic acids is 2. The number of carbonyl (C=O) groups is 2. The molecule has 8 heteroatoms. The van der Waals surface area contributed by atoms with Crippen molar-refractivity contribution < 1.29 is 14.0 Å². The highest BCUT2D eigenvalue weighted by molar-refractivity contribution is 5.95. The van der Waals surface area contributed by atoms with Crippen molar-refractivity contribution in [3.8, 4) is 5.69 Å². The van der Waals surface area contributed by atoms with Crippen molar-refractivity contribution in [1.29, 1.82) is 0 Å². The number of benzene rings is 1. The standard InChI is InChI=1S/C22H22FN5O2/c1-16-18(15-25-28(16)20-8-3-2-7-19(20)23)22(30)27-12-10-26(11-13-27)21(29)14-17-6-4-5-9-24-17/h2-9,15H,10-14H2,1H3. The van der Waals surface area contributed by atoms with Gasteiger partial charge in [0.1, 0.15) is 11.5 Å². The number of rotatable bonds is 4. The van der Waals surface area contributed by atoms with Crippen LogP contribution in [0.2, 0.25) is 0 Å². The zero-order valence-corrected chi connectivity index (χ0v) is 16.7. The summed E-state index contributed by atoms with van der Waals surface area (Å²) >= 11 is 0. The van der Waals surface area contributed by atoms with Crippen LogP contribution in [0.25, 0.3) is 5.69 Å². The van der Waals surface area contributed by atoms with Crippen LogP contribution in [0.4, 0.5) is 4.39 Å². The summed E-state index contributed by atoms with van der Waals surface area (Å²) in [7, 11) is 0. The van der Waals surface area contributed by atoms with E-state index in [9.17, 15) is 14.0 Å². The number of piperazine rings is 1. The van der Waals surface area contributed by atoms with Crippen molar-refractivity contribution in [3.05, 3.63) is 77.6 Å². The summed E-state index contributed by atoms with van der Waals surface area (Å²) in [5.74, 6) is -0.556. The Labute approximate surface area is 173 Å². The molecule has 7 nitrogen and oxygen atoms in total. The predicted molar refractivity (Wildman–Crippen MR) is 109 cm³/mol. The van der Waals surface area contributed by atoms with E-state index >= 15 is 0 Å². The fraction of sp³-hybridized carbons (Fsp3) is 0.273. The van der Waals surface area contributed by atoms with Crippen LogP contribution < -0.4 is 0 Å². The summed E-state index contributed by atoms with van der Waals surface area (Å²) in [5, 5.41) is 4.21. The molecule has 1 saturated heterocycles. The number of nitrogens with zero attached hydrogens (tertiary/aromatic N) is 5. The van der Waals surface area contributed by atoms with Crippen LogP contribution in [0, 0.1) is 12.7 Å². The zero-order chi connectivity index (χ0) is 21.1. The molecule has 0 aliphatic carbocycles. The maximum Gasteiger partial charge on any atom is 0.257 e. The van der Waals surface area contributed by atoms with E-state index in [0.29, 0.717) is 43.1 Å². The van der Waals surface area contributed by atoms with Gasteiger partial charge in [-0.2, -0.15) is 5.10 Å². The van der Waals surface area contributed by atoms with E-state index in [1.165, 1.54) is 16.9 Å². The number of pyridine rings is 1. The van der Waals surface area contributed by atoms with Gasteiger partial charge in [0.25, 0.3) is 5.91 Å². The second kappa shape index (κ2) is 8.44. The summed E-state index contributed by atoms with van der Waals surface area (Å²) < 4.78 is 15.5. The molecule has 4 rings (SSSR count). The molecular weight excluding hydrogens is 385 g/mol. The van der Waals surface area contributed by atoms with E-state index < -0.39 is 5.82 Å². The molecule has 0 spiro atoms. The zero-order valence-electron chi connectivity index (χ0n) is 16.7. The predicted octanol–water partition coefficient (Wildman–Crippen LogP) is 2.24. The first kappa shape index (κ1) is 19.8. The smallest absolute Gasteiger partial charge is 0.257 e. The average Bonchev–Trinajstić information content (AvgIpc) is 3.15. The van der Waals surface area contributed by atoms with E-state index in [1.807, 2.05) is 18.2 Å². The fourth-order valence-electron chi connectivity index (χ4n) is 3.58. The van der Waals surface area contributed by atoms with Gasteiger partial charge in [0.2, 0.25) is 5.91 Å². The van der Waals surface area contributed by atoms with Gasteiger partial charge in [-0.05, 0) is 31.2 Å². The molecule has 30 heavy (non-hydrogen) atoms. The summed E-state index contributed by atoms with van der Waals surface area (Å²) in [6.45, 7) is 3.57. The summed E-state index contributed by atoms with van der Waals surface area (Å²) in [5.41, 5.74) is 2.06. The van der Waals surface area contributed by atoms with E-state index in [4.69, 9.17) is 0 Å². The molecule has 1 aliphatic rings. The highest BCUT2D eigenvalue weighted by Crippen LogP contribution is 2.19. The first-order valence-electron chi connectivity index (χ1n) is 9.81. The van der Waals surface area contributed by atoms with Crippen LogP contribution in [0.1, 0.15) is 21.7 Å². The van der Waals surface area contributed by atoms with Gasteiger partial charge in [-0.15, -0.1) is 0 Å². The van der Waals surface area contributed by atoms with Gasteiger partial charge in [-0.1, -0.05) is 18.2 Å². The lowest BCUT2D eigenvalue weighted by Crippen LogP contribution is -2.51. The molecular formula is C22H22FN5O2. The lowest BCUT2D eigenvalue weighted by molar-refractivity contribution is -0.132. The molecule has 0 atom stereocenters.